The molecule has 0 heterocycles. The highest BCUT2D eigenvalue weighted by molar-refractivity contribution is 5.98. The fourth-order valence-electron chi connectivity index (χ4n) is 1.93. The van der Waals surface area contributed by atoms with E-state index in [-0.39, 0.29) is 23.5 Å². The van der Waals surface area contributed by atoms with Crippen LogP contribution in [0, 0.1) is 0 Å². The van der Waals surface area contributed by atoms with Crippen LogP contribution in [0.15, 0.2) is 54.6 Å². The van der Waals surface area contributed by atoms with Crippen molar-refractivity contribution in [2.24, 2.45) is 0 Å². The fourth-order valence-corrected chi connectivity index (χ4v) is 1.93. The SMILES string of the molecule is O=C(CCc1ccccc1)c1ccccc1OC(F)F. The molecule has 4 heteroatoms. The van der Waals surface area contributed by atoms with Crippen molar-refractivity contribution in [3.05, 3.63) is 65.7 Å². The number of ketones is 1. The highest BCUT2D eigenvalue weighted by Gasteiger charge is 2.14. The minimum atomic E-state index is -2.93. The lowest BCUT2D eigenvalue weighted by atomic mass is 10.0. The summed E-state index contributed by atoms with van der Waals surface area (Å²) in [5, 5.41) is 0. The molecule has 0 unspecified atom stereocenters. The predicted octanol–water partition coefficient (Wildman–Crippen LogP) is 4.10. The monoisotopic (exact) mass is 276 g/mol. The summed E-state index contributed by atoms with van der Waals surface area (Å²) in [6.07, 6.45) is 0.830. The van der Waals surface area contributed by atoms with Gasteiger partial charge >= 0.3 is 6.61 Å². The number of para-hydroxylation sites is 1. The van der Waals surface area contributed by atoms with Gasteiger partial charge in [0.25, 0.3) is 0 Å². The highest BCUT2D eigenvalue weighted by Crippen LogP contribution is 2.22. The van der Waals surface area contributed by atoms with E-state index in [1.807, 2.05) is 30.3 Å². The van der Waals surface area contributed by atoms with Crippen molar-refractivity contribution >= 4 is 5.78 Å². The van der Waals surface area contributed by atoms with Crippen molar-refractivity contribution in [3.63, 3.8) is 0 Å². The zero-order chi connectivity index (χ0) is 14.4. The first kappa shape index (κ1) is 14.2. The molecule has 0 aliphatic rings. The van der Waals surface area contributed by atoms with Crippen molar-refractivity contribution in [1.82, 2.24) is 0 Å². The van der Waals surface area contributed by atoms with Gasteiger partial charge in [-0.05, 0) is 24.1 Å². The number of rotatable bonds is 6. The quantitative estimate of drug-likeness (QED) is 0.742. The standard InChI is InChI=1S/C16H14F2O2/c17-16(18)20-15-9-5-4-8-13(15)14(19)11-10-12-6-2-1-3-7-12/h1-9,16H,10-11H2. The van der Waals surface area contributed by atoms with Gasteiger partial charge in [-0.25, -0.2) is 0 Å². The maximum Gasteiger partial charge on any atom is 0.387 e. The molecule has 20 heavy (non-hydrogen) atoms. The van der Waals surface area contributed by atoms with Crippen LogP contribution in [0.25, 0.3) is 0 Å². The lowest BCUT2D eigenvalue weighted by Crippen LogP contribution is -2.08. The first-order valence-corrected chi connectivity index (χ1v) is 6.28. The topological polar surface area (TPSA) is 26.3 Å². The molecule has 2 aromatic carbocycles. The molecular weight excluding hydrogens is 262 g/mol. The summed E-state index contributed by atoms with van der Waals surface area (Å²) in [7, 11) is 0. The number of hydrogen-bond donors (Lipinski definition) is 0. The molecule has 0 aromatic heterocycles. The van der Waals surface area contributed by atoms with Gasteiger partial charge in [0, 0.05) is 6.42 Å². The summed E-state index contributed by atoms with van der Waals surface area (Å²) >= 11 is 0. The van der Waals surface area contributed by atoms with Gasteiger partial charge in [-0.2, -0.15) is 8.78 Å². The van der Waals surface area contributed by atoms with Crippen LogP contribution in [0.1, 0.15) is 22.3 Å². The molecular formula is C16H14F2O2. The van der Waals surface area contributed by atoms with E-state index in [2.05, 4.69) is 4.74 Å². The van der Waals surface area contributed by atoms with Gasteiger partial charge < -0.3 is 4.74 Å². The zero-order valence-corrected chi connectivity index (χ0v) is 10.8. The van der Waals surface area contributed by atoms with E-state index in [4.69, 9.17) is 0 Å². The molecule has 0 atom stereocenters. The first-order chi connectivity index (χ1) is 9.66. The number of carbonyl (C=O) groups excluding carboxylic acids is 1. The average molecular weight is 276 g/mol. The van der Waals surface area contributed by atoms with Gasteiger partial charge in [0.1, 0.15) is 5.75 Å². The predicted molar refractivity (Wildman–Crippen MR) is 72.2 cm³/mol. The van der Waals surface area contributed by atoms with Gasteiger partial charge in [0.15, 0.2) is 5.78 Å². The van der Waals surface area contributed by atoms with Gasteiger partial charge in [-0.1, -0.05) is 42.5 Å². The average Bonchev–Trinajstić information content (AvgIpc) is 2.46. The molecule has 0 spiro atoms. The summed E-state index contributed by atoms with van der Waals surface area (Å²) in [5.74, 6) is -0.273. The Bertz CT molecular complexity index is 568. The Morgan fingerprint density at radius 3 is 2.35 bits per heavy atom. The van der Waals surface area contributed by atoms with E-state index in [0.29, 0.717) is 6.42 Å². The maximum absolute atomic E-state index is 12.3. The van der Waals surface area contributed by atoms with E-state index < -0.39 is 6.61 Å². The zero-order valence-electron chi connectivity index (χ0n) is 10.8. The lowest BCUT2D eigenvalue weighted by molar-refractivity contribution is -0.0501. The van der Waals surface area contributed by atoms with Crippen LogP contribution in [-0.4, -0.2) is 12.4 Å². The second-order valence-corrected chi connectivity index (χ2v) is 4.28. The number of Topliss-reactive ketones (excluding diaryl/α,β-unsaturated/α-hetero) is 1. The molecule has 0 aliphatic heterocycles. The normalized spacial score (nSPS) is 10.6. The molecule has 104 valence electrons. The number of alkyl halides is 2. The summed E-state index contributed by atoms with van der Waals surface area (Å²) < 4.78 is 28.9. The third kappa shape index (κ3) is 3.88. The Morgan fingerprint density at radius 2 is 1.65 bits per heavy atom. The van der Waals surface area contributed by atoms with Crippen LogP contribution in [0.5, 0.6) is 5.75 Å². The number of benzene rings is 2. The van der Waals surface area contributed by atoms with E-state index in [1.54, 1.807) is 12.1 Å². The Balaban J connectivity index is 2.05. The smallest absolute Gasteiger partial charge is 0.387 e. The van der Waals surface area contributed by atoms with E-state index in [9.17, 15) is 13.6 Å². The Kier molecular flexibility index (Phi) is 4.82. The summed E-state index contributed by atoms with van der Waals surface area (Å²) in [6.45, 7) is -2.93. The minimum Gasteiger partial charge on any atom is -0.434 e. The molecule has 2 nitrogen and oxygen atoms in total. The van der Waals surface area contributed by atoms with Crippen LogP contribution in [0.4, 0.5) is 8.78 Å². The lowest BCUT2D eigenvalue weighted by Gasteiger charge is -2.09. The number of halogens is 2. The highest BCUT2D eigenvalue weighted by atomic mass is 19.3. The molecule has 0 saturated heterocycles. The Morgan fingerprint density at radius 1 is 1.00 bits per heavy atom. The van der Waals surface area contributed by atoms with E-state index >= 15 is 0 Å². The summed E-state index contributed by atoms with van der Waals surface area (Å²) in [6, 6.07) is 15.6. The third-order valence-electron chi connectivity index (χ3n) is 2.89. The third-order valence-corrected chi connectivity index (χ3v) is 2.89. The van der Waals surface area contributed by atoms with Crippen LogP contribution in [0.3, 0.4) is 0 Å². The van der Waals surface area contributed by atoms with Gasteiger partial charge in [0.05, 0.1) is 5.56 Å². The van der Waals surface area contributed by atoms with Crippen LogP contribution < -0.4 is 4.74 Å². The van der Waals surface area contributed by atoms with Crippen LogP contribution >= 0.6 is 0 Å². The summed E-state index contributed by atoms with van der Waals surface area (Å²) in [5.41, 5.74) is 1.23. The van der Waals surface area contributed by atoms with Crippen molar-refractivity contribution in [2.45, 2.75) is 19.5 Å². The van der Waals surface area contributed by atoms with Crippen molar-refractivity contribution in [2.75, 3.05) is 0 Å². The van der Waals surface area contributed by atoms with Gasteiger partial charge in [-0.3, -0.25) is 4.79 Å². The molecule has 0 amide bonds. The number of aryl methyl sites for hydroxylation is 1. The first-order valence-electron chi connectivity index (χ1n) is 6.28. The second kappa shape index (κ2) is 6.80. The van der Waals surface area contributed by atoms with Crippen LogP contribution in [0.2, 0.25) is 0 Å². The summed E-state index contributed by atoms with van der Waals surface area (Å²) in [4.78, 5) is 12.1. The maximum atomic E-state index is 12.3. The molecule has 2 aromatic rings. The fraction of sp³-hybridized carbons (Fsp3) is 0.188. The Hall–Kier alpha value is -2.23. The molecule has 2 rings (SSSR count). The number of carbonyl (C=O) groups is 1. The van der Waals surface area contributed by atoms with Crippen LogP contribution in [-0.2, 0) is 6.42 Å². The van der Waals surface area contributed by atoms with Crippen molar-refractivity contribution in [1.29, 1.82) is 0 Å². The largest absolute Gasteiger partial charge is 0.434 e. The molecule has 0 fully saturated rings. The molecule has 0 aliphatic carbocycles. The van der Waals surface area contributed by atoms with Crippen molar-refractivity contribution in [3.8, 4) is 5.75 Å². The van der Waals surface area contributed by atoms with Gasteiger partial charge in [0.2, 0.25) is 0 Å². The molecule has 0 bridgehead atoms. The van der Waals surface area contributed by atoms with Crippen molar-refractivity contribution < 1.29 is 18.3 Å². The molecule has 0 saturated carbocycles. The Labute approximate surface area is 116 Å². The van der Waals surface area contributed by atoms with E-state index in [0.717, 1.165) is 5.56 Å². The van der Waals surface area contributed by atoms with Gasteiger partial charge in [-0.15, -0.1) is 0 Å². The minimum absolute atomic E-state index is 0.0689. The second-order valence-electron chi connectivity index (χ2n) is 4.28. The number of ether oxygens (including phenoxy) is 1. The number of hydrogen-bond acceptors (Lipinski definition) is 2. The molecule has 0 N–H and O–H groups in total. The molecule has 0 radical (unpaired) electrons. The van der Waals surface area contributed by atoms with E-state index in [1.165, 1.54) is 12.1 Å².